The Balaban J connectivity index is 1.57. The third kappa shape index (κ3) is 2.96. The molecule has 1 N–H and O–H groups in total. The van der Waals surface area contributed by atoms with Crippen LogP contribution in [0, 0.1) is 6.92 Å². The second-order valence-electron chi connectivity index (χ2n) is 6.61. The molecule has 1 saturated heterocycles. The van der Waals surface area contributed by atoms with Crippen LogP contribution in [0.2, 0.25) is 0 Å². The summed E-state index contributed by atoms with van der Waals surface area (Å²) in [6, 6.07) is 4.24. The lowest BCUT2D eigenvalue weighted by molar-refractivity contribution is 0.118. The van der Waals surface area contributed by atoms with Gasteiger partial charge >= 0.3 is 0 Å². The van der Waals surface area contributed by atoms with Crippen molar-refractivity contribution >= 4 is 22.5 Å². The molecule has 0 amide bonds. The standard InChI is InChI=1S/C18H23N7O/c1-12-17-15(4-7-20-18(17)24(2)23-12)21-9-13-8-14(26-3)10-25(13)16-5-6-19-11-22-16/h4-7,11,13-14H,8-10H2,1-3H3,(H,20,21)/t13-,14-/m1/s1. The van der Waals surface area contributed by atoms with Crippen LogP contribution in [0.1, 0.15) is 12.1 Å². The van der Waals surface area contributed by atoms with Gasteiger partial charge in [-0.3, -0.25) is 4.68 Å². The summed E-state index contributed by atoms with van der Waals surface area (Å²) in [5, 5.41) is 9.15. The summed E-state index contributed by atoms with van der Waals surface area (Å²) in [6.07, 6.45) is 6.34. The van der Waals surface area contributed by atoms with Crippen molar-refractivity contribution in [3.05, 3.63) is 36.5 Å². The van der Waals surface area contributed by atoms with Gasteiger partial charge in [0.05, 0.1) is 23.2 Å². The Morgan fingerprint density at radius 2 is 2.15 bits per heavy atom. The number of rotatable bonds is 5. The number of nitrogens with zero attached hydrogens (tertiary/aromatic N) is 6. The lowest BCUT2D eigenvalue weighted by Crippen LogP contribution is -2.35. The SMILES string of the molecule is CO[C@@H]1C[C@H](CNc2ccnc3c2c(C)nn3C)N(c2ccncn2)C1. The third-order valence-electron chi connectivity index (χ3n) is 5.00. The topological polar surface area (TPSA) is 81.0 Å². The molecule has 1 fully saturated rings. The predicted octanol–water partition coefficient (Wildman–Crippen LogP) is 1.77. The van der Waals surface area contributed by atoms with Gasteiger partial charge in [-0.1, -0.05) is 0 Å². The Morgan fingerprint density at radius 3 is 2.92 bits per heavy atom. The second kappa shape index (κ2) is 6.87. The summed E-state index contributed by atoms with van der Waals surface area (Å²) in [5.41, 5.74) is 2.93. The van der Waals surface area contributed by atoms with Gasteiger partial charge in [0.2, 0.25) is 0 Å². The van der Waals surface area contributed by atoms with Gasteiger partial charge in [0, 0.05) is 45.3 Å². The average molecular weight is 353 g/mol. The number of ether oxygens (including phenoxy) is 1. The summed E-state index contributed by atoms with van der Waals surface area (Å²) < 4.78 is 7.42. The Bertz CT molecular complexity index is 895. The maximum atomic E-state index is 5.60. The smallest absolute Gasteiger partial charge is 0.159 e. The van der Waals surface area contributed by atoms with Crippen molar-refractivity contribution < 1.29 is 4.74 Å². The van der Waals surface area contributed by atoms with Crippen molar-refractivity contribution in [3.8, 4) is 0 Å². The summed E-state index contributed by atoms with van der Waals surface area (Å²) in [7, 11) is 3.69. The number of anilines is 2. The van der Waals surface area contributed by atoms with Gasteiger partial charge in [0.25, 0.3) is 0 Å². The molecule has 1 aliphatic heterocycles. The van der Waals surface area contributed by atoms with Gasteiger partial charge in [-0.25, -0.2) is 15.0 Å². The Hall–Kier alpha value is -2.74. The number of aromatic nitrogens is 5. The molecule has 0 saturated carbocycles. The molecule has 0 spiro atoms. The van der Waals surface area contributed by atoms with Gasteiger partial charge in [-0.2, -0.15) is 5.10 Å². The molecule has 0 radical (unpaired) electrons. The van der Waals surface area contributed by atoms with Gasteiger partial charge in [0.1, 0.15) is 12.1 Å². The van der Waals surface area contributed by atoms with E-state index in [2.05, 4.69) is 30.3 Å². The fraction of sp³-hybridized carbons (Fsp3) is 0.444. The zero-order valence-corrected chi connectivity index (χ0v) is 15.3. The highest BCUT2D eigenvalue weighted by atomic mass is 16.5. The molecule has 8 nitrogen and oxygen atoms in total. The van der Waals surface area contributed by atoms with Crippen molar-refractivity contribution in [1.82, 2.24) is 24.7 Å². The van der Waals surface area contributed by atoms with Gasteiger partial charge in [0.15, 0.2) is 5.65 Å². The molecule has 0 aliphatic carbocycles. The Kier molecular flexibility index (Phi) is 4.42. The first kappa shape index (κ1) is 16.7. The number of aryl methyl sites for hydroxylation is 2. The van der Waals surface area contributed by atoms with E-state index >= 15 is 0 Å². The van der Waals surface area contributed by atoms with E-state index in [1.165, 1.54) is 0 Å². The van der Waals surface area contributed by atoms with Gasteiger partial charge in [-0.15, -0.1) is 0 Å². The highest BCUT2D eigenvalue weighted by molar-refractivity contribution is 5.91. The van der Waals surface area contributed by atoms with Crippen molar-refractivity contribution in [2.75, 3.05) is 30.4 Å². The van der Waals surface area contributed by atoms with Crippen LogP contribution in [-0.4, -0.2) is 57.1 Å². The van der Waals surface area contributed by atoms with Crippen LogP contribution in [0.3, 0.4) is 0 Å². The molecule has 0 bridgehead atoms. The molecule has 1 aliphatic rings. The fourth-order valence-electron chi connectivity index (χ4n) is 3.72. The van der Waals surface area contributed by atoms with Gasteiger partial charge < -0.3 is 15.0 Å². The number of pyridine rings is 1. The normalized spacial score (nSPS) is 20.0. The van der Waals surface area contributed by atoms with E-state index in [9.17, 15) is 0 Å². The molecule has 0 unspecified atom stereocenters. The zero-order chi connectivity index (χ0) is 18.1. The Morgan fingerprint density at radius 1 is 1.27 bits per heavy atom. The van der Waals surface area contributed by atoms with Crippen LogP contribution >= 0.6 is 0 Å². The summed E-state index contributed by atoms with van der Waals surface area (Å²) >= 11 is 0. The fourth-order valence-corrected chi connectivity index (χ4v) is 3.72. The number of hydrogen-bond acceptors (Lipinski definition) is 7. The summed E-state index contributed by atoms with van der Waals surface area (Å²) in [4.78, 5) is 15.2. The number of fused-ring (bicyclic) bond motifs is 1. The quantitative estimate of drug-likeness (QED) is 0.749. The minimum Gasteiger partial charge on any atom is -0.382 e. The minimum atomic E-state index is 0.203. The third-order valence-corrected chi connectivity index (χ3v) is 5.00. The summed E-state index contributed by atoms with van der Waals surface area (Å²) in [5.74, 6) is 0.934. The molecule has 2 atom stereocenters. The largest absolute Gasteiger partial charge is 0.382 e. The highest BCUT2D eigenvalue weighted by Crippen LogP contribution is 2.28. The van der Waals surface area contributed by atoms with Crippen LogP contribution in [0.25, 0.3) is 11.0 Å². The lowest BCUT2D eigenvalue weighted by atomic mass is 10.1. The first-order valence-electron chi connectivity index (χ1n) is 8.75. The van der Waals surface area contributed by atoms with E-state index in [4.69, 9.17) is 4.74 Å². The molecule has 4 rings (SSSR count). The van der Waals surface area contributed by atoms with Crippen LogP contribution in [-0.2, 0) is 11.8 Å². The van der Waals surface area contributed by atoms with E-state index in [0.29, 0.717) is 0 Å². The molecular formula is C18H23N7O. The van der Waals surface area contributed by atoms with Crippen molar-refractivity contribution in [3.63, 3.8) is 0 Å². The monoisotopic (exact) mass is 353 g/mol. The molecule has 136 valence electrons. The van der Waals surface area contributed by atoms with Crippen LogP contribution in [0.5, 0.6) is 0 Å². The van der Waals surface area contributed by atoms with E-state index in [1.807, 2.05) is 37.0 Å². The average Bonchev–Trinajstić information content (AvgIpc) is 3.22. The highest BCUT2D eigenvalue weighted by Gasteiger charge is 2.33. The van der Waals surface area contributed by atoms with E-state index in [0.717, 1.165) is 47.7 Å². The van der Waals surface area contributed by atoms with Crippen LogP contribution < -0.4 is 10.2 Å². The molecular weight excluding hydrogens is 330 g/mol. The molecule has 4 heterocycles. The van der Waals surface area contributed by atoms with Crippen LogP contribution in [0.4, 0.5) is 11.5 Å². The predicted molar refractivity (Wildman–Crippen MR) is 100 cm³/mol. The maximum absolute atomic E-state index is 5.60. The summed E-state index contributed by atoms with van der Waals surface area (Å²) in [6.45, 7) is 3.63. The van der Waals surface area contributed by atoms with Crippen molar-refractivity contribution in [1.29, 1.82) is 0 Å². The lowest BCUT2D eigenvalue weighted by Gasteiger charge is -2.25. The molecule has 0 aromatic carbocycles. The van der Waals surface area contributed by atoms with Crippen molar-refractivity contribution in [2.24, 2.45) is 7.05 Å². The maximum Gasteiger partial charge on any atom is 0.159 e. The minimum absolute atomic E-state index is 0.203. The van der Waals surface area contributed by atoms with Gasteiger partial charge in [-0.05, 0) is 25.5 Å². The Labute approximate surface area is 152 Å². The van der Waals surface area contributed by atoms with E-state index < -0.39 is 0 Å². The first-order chi connectivity index (χ1) is 12.7. The van der Waals surface area contributed by atoms with Crippen molar-refractivity contribution in [2.45, 2.75) is 25.5 Å². The molecule has 8 heteroatoms. The molecule has 3 aromatic heterocycles. The van der Waals surface area contributed by atoms with E-state index in [1.54, 1.807) is 19.6 Å². The number of methoxy groups -OCH3 is 1. The molecule has 26 heavy (non-hydrogen) atoms. The first-order valence-corrected chi connectivity index (χ1v) is 8.75. The molecule has 3 aromatic rings. The second-order valence-corrected chi connectivity index (χ2v) is 6.61. The van der Waals surface area contributed by atoms with Crippen LogP contribution in [0.15, 0.2) is 30.9 Å². The zero-order valence-electron chi connectivity index (χ0n) is 15.3. The van der Waals surface area contributed by atoms with E-state index in [-0.39, 0.29) is 12.1 Å². The number of hydrogen-bond donors (Lipinski definition) is 1. The number of nitrogens with one attached hydrogen (secondary N) is 1.